The molecule has 0 spiro atoms. The van der Waals surface area contributed by atoms with E-state index in [-0.39, 0.29) is 0 Å². The minimum atomic E-state index is 0.919. The monoisotopic (exact) mass is 372 g/mol. The number of para-hydroxylation sites is 2. The molecule has 0 amide bonds. The third-order valence-corrected chi connectivity index (χ3v) is 3.90. The average molecular weight is 372 g/mol. The largest absolute Gasteiger partial charge is 0.294 e. The van der Waals surface area contributed by atoms with Crippen molar-refractivity contribution in [1.29, 1.82) is 0 Å². The highest BCUT2D eigenvalue weighted by Crippen LogP contribution is 2.35. The van der Waals surface area contributed by atoms with Crippen LogP contribution in [0.3, 0.4) is 0 Å². The van der Waals surface area contributed by atoms with E-state index in [1.165, 1.54) is 3.57 Å². The van der Waals surface area contributed by atoms with Gasteiger partial charge in [-0.25, -0.2) is 4.98 Å². The molecule has 0 bridgehead atoms. The Morgan fingerprint density at radius 1 is 0.750 bits per heavy atom. The summed E-state index contributed by atoms with van der Waals surface area (Å²) in [6, 6.07) is 24.6. The van der Waals surface area contributed by atoms with E-state index in [4.69, 9.17) is 0 Å². The van der Waals surface area contributed by atoms with Crippen molar-refractivity contribution in [3.8, 4) is 0 Å². The highest BCUT2D eigenvalue weighted by Gasteiger charge is 2.14. The van der Waals surface area contributed by atoms with Crippen molar-refractivity contribution in [3.05, 3.63) is 82.6 Å². The maximum atomic E-state index is 4.50. The molecule has 0 N–H and O–H groups in total. The maximum absolute atomic E-state index is 4.50. The van der Waals surface area contributed by atoms with Gasteiger partial charge in [-0.1, -0.05) is 36.4 Å². The molecule has 3 heteroatoms. The first-order valence-corrected chi connectivity index (χ1v) is 7.45. The Balaban J connectivity index is 2.17. The zero-order valence-corrected chi connectivity index (χ0v) is 12.9. The molecule has 0 unspecified atom stereocenters. The van der Waals surface area contributed by atoms with Crippen molar-refractivity contribution in [1.82, 2.24) is 4.98 Å². The lowest BCUT2D eigenvalue weighted by molar-refractivity contribution is 1.17. The fourth-order valence-electron chi connectivity index (χ4n) is 2.09. The van der Waals surface area contributed by atoms with Crippen LogP contribution in [0.15, 0.2) is 79.0 Å². The van der Waals surface area contributed by atoms with Crippen molar-refractivity contribution in [2.45, 2.75) is 0 Å². The lowest BCUT2D eigenvalue weighted by atomic mass is 10.2. The minimum absolute atomic E-state index is 0.919. The van der Waals surface area contributed by atoms with Gasteiger partial charge in [-0.2, -0.15) is 0 Å². The first-order valence-electron chi connectivity index (χ1n) is 6.37. The van der Waals surface area contributed by atoms with Crippen molar-refractivity contribution in [2.75, 3.05) is 4.90 Å². The van der Waals surface area contributed by atoms with E-state index in [1.54, 1.807) is 0 Å². The molecule has 1 heterocycles. The van der Waals surface area contributed by atoms with E-state index >= 15 is 0 Å². The number of anilines is 3. The van der Waals surface area contributed by atoms with Crippen molar-refractivity contribution in [2.24, 2.45) is 0 Å². The van der Waals surface area contributed by atoms with Gasteiger partial charge in [-0.3, -0.25) is 4.90 Å². The molecule has 0 aliphatic carbocycles. The smallest absolute Gasteiger partial charge is 0.137 e. The first kappa shape index (κ1) is 13.1. The molecule has 0 radical (unpaired) electrons. The molecule has 1 aromatic heterocycles. The summed E-state index contributed by atoms with van der Waals surface area (Å²) in [6.45, 7) is 0. The lowest BCUT2D eigenvalue weighted by Crippen LogP contribution is -2.12. The van der Waals surface area contributed by atoms with Crippen molar-refractivity contribution < 1.29 is 0 Å². The van der Waals surface area contributed by atoms with Crippen LogP contribution in [0, 0.1) is 3.57 Å². The van der Waals surface area contributed by atoms with Gasteiger partial charge in [0.15, 0.2) is 0 Å². The maximum Gasteiger partial charge on any atom is 0.137 e. The van der Waals surface area contributed by atoms with Gasteiger partial charge in [-0.15, -0.1) is 0 Å². The fraction of sp³-hybridized carbons (Fsp3) is 0. The topological polar surface area (TPSA) is 16.1 Å². The van der Waals surface area contributed by atoms with Crippen LogP contribution in [-0.2, 0) is 0 Å². The summed E-state index contributed by atoms with van der Waals surface area (Å²) in [5.74, 6) is 0.919. The number of hydrogen-bond acceptors (Lipinski definition) is 2. The quantitative estimate of drug-likeness (QED) is 0.591. The second kappa shape index (κ2) is 6.05. The number of aromatic nitrogens is 1. The van der Waals surface area contributed by atoms with E-state index in [9.17, 15) is 0 Å². The molecule has 0 aliphatic heterocycles. The third-order valence-electron chi connectivity index (χ3n) is 2.99. The molecule has 98 valence electrons. The Morgan fingerprint density at radius 3 is 2.15 bits per heavy atom. The van der Waals surface area contributed by atoms with E-state index in [1.807, 2.05) is 48.7 Å². The van der Waals surface area contributed by atoms with Gasteiger partial charge in [0.1, 0.15) is 5.82 Å². The molecule has 2 aromatic carbocycles. The van der Waals surface area contributed by atoms with Crippen LogP contribution in [0.1, 0.15) is 0 Å². The number of halogens is 1. The average Bonchev–Trinajstić information content (AvgIpc) is 2.52. The van der Waals surface area contributed by atoms with Crippen LogP contribution < -0.4 is 4.90 Å². The van der Waals surface area contributed by atoms with E-state index in [0.29, 0.717) is 0 Å². The number of benzene rings is 2. The Morgan fingerprint density at radius 2 is 1.45 bits per heavy atom. The molecular formula is C17H13IN2. The summed E-state index contributed by atoms with van der Waals surface area (Å²) in [7, 11) is 0. The number of hydrogen-bond donors (Lipinski definition) is 0. The zero-order valence-electron chi connectivity index (χ0n) is 10.8. The van der Waals surface area contributed by atoms with Gasteiger partial charge in [0.05, 0.1) is 5.69 Å². The van der Waals surface area contributed by atoms with E-state index in [2.05, 4.69) is 62.8 Å². The number of nitrogens with zero attached hydrogens (tertiary/aromatic N) is 2. The highest BCUT2D eigenvalue weighted by atomic mass is 127. The van der Waals surface area contributed by atoms with Gasteiger partial charge >= 0.3 is 0 Å². The lowest BCUT2D eigenvalue weighted by Gasteiger charge is -2.25. The van der Waals surface area contributed by atoms with Crippen LogP contribution in [0.4, 0.5) is 17.2 Å². The summed E-state index contributed by atoms with van der Waals surface area (Å²) >= 11 is 2.36. The number of pyridine rings is 1. The standard InChI is InChI=1S/C17H13IN2/c18-15-10-4-5-11-16(15)20(14-8-2-1-3-9-14)17-12-6-7-13-19-17/h1-13H. The van der Waals surface area contributed by atoms with Gasteiger partial charge in [0, 0.05) is 15.5 Å². The molecule has 0 saturated heterocycles. The summed E-state index contributed by atoms with van der Waals surface area (Å²) in [4.78, 5) is 6.66. The van der Waals surface area contributed by atoms with Gasteiger partial charge in [-0.05, 0) is 59.0 Å². The third kappa shape index (κ3) is 2.67. The molecule has 3 aromatic rings. The van der Waals surface area contributed by atoms with Gasteiger partial charge < -0.3 is 0 Å². The van der Waals surface area contributed by atoms with Gasteiger partial charge in [0.2, 0.25) is 0 Å². The predicted molar refractivity (Wildman–Crippen MR) is 91.6 cm³/mol. The fourth-order valence-corrected chi connectivity index (χ4v) is 2.72. The molecule has 20 heavy (non-hydrogen) atoms. The van der Waals surface area contributed by atoms with Crippen LogP contribution in [0.2, 0.25) is 0 Å². The minimum Gasteiger partial charge on any atom is -0.294 e. The summed E-state index contributed by atoms with van der Waals surface area (Å²) in [5.41, 5.74) is 2.24. The molecular weight excluding hydrogens is 359 g/mol. The molecule has 3 rings (SSSR count). The van der Waals surface area contributed by atoms with Gasteiger partial charge in [0.25, 0.3) is 0 Å². The molecule has 0 saturated carbocycles. The van der Waals surface area contributed by atoms with Crippen molar-refractivity contribution in [3.63, 3.8) is 0 Å². The molecule has 0 aliphatic rings. The Hall–Kier alpha value is -1.88. The highest BCUT2D eigenvalue weighted by molar-refractivity contribution is 14.1. The van der Waals surface area contributed by atoms with Crippen LogP contribution >= 0.6 is 22.6 Å². The molecule has 0 fully saturated rings. The zero-order chi connectivity index (χ0) is 13.8. The first-order chi connectivity index (χ1) is 9.86. The summed E-state index contributed by atoms with van der Waals surface area (Å²) in [6.07, 6.45) is 1.82. The molecule has 0 atom stereocenters. The van der Waals surface area contributed by atoms with Crippen LogP contribution in [0.5, 0.6) is 0 Å². The normalized spacial score (nSPS) is 10.2. The summed E-state index contributed by atoms with van der Waals surface area (Å²) in [5, 5.41) is 0. The second-order valence-corrected chi connectivity index (χ2v) is 5.47. The number of rotatable bonds is 3. The van der Waals surface area contributed by atoms with E-state index in [0.717, 1.165) is 17.2 Å². The Bertz CT molecular complexity index is 644. The molecule has 2 nitrogen and oxygen atoms in total. The predicted octanol–water partition coefficient (Wildman–Crippen LogP) is 5.16. The van der Waals surface area contributed by atoms with E-state index < -0.39 is 0 Å². The van der Waals surface area contributed by atoms with Crippen LogP contribution in [0.25, 0.3) is 0 Å². The Kier molecular flexibility index (Phi) is 3.97. The SMILES string of the molecule is Ic1ccccc1N(c1ccccc1)c1ccccn1. The van der Waals surface area contributed by atoms with Crippen LogP contribution in [-0.4, -0.2) is 4.98 Å². The Labute approximate surface area is 132 Å². The second-order valence-electron chi connectivity index (χ2n) is 4.31. The van der Waals surface area contributed by atoms with Crippen molar-refractivity contribution >= 4 is 39.8 Å². The summed E-state index contributed by atoms with van der Waals surface area (Å²) < 4.78 is 1.19.